The molecule has 154 valence electrons. The summed E-state index contributed by atoms with van der Waals surface area (Å²) < 4.78 is 13.1. The number of halogens is 1. The van der Waals surface area contributed by atoms with Gasteiger partial charge in [-0.2, -0.15) is 0 Å². The molecule has 0 N–H and O–H groups in total. The zero-order valence-corrected chi connectivity index (χ0v) is 17.1. The highest BCUT2D eigenvalue weighted by Crippen LogP contribution is 2.32. The predicted molar refractivity (Wildman–Crippen MR) is 108 cm³/mol. The van der Waals surface area contributed by atoms with E-state index in [1.54, 1.807) is 0 Å². The van der Waals surface area contributed by atoms with E-state index in [1.165, 1.54) is 37.1 Å². The van der Waals surface area contributed by atoms with Gasteiger partial charge in [-0.05, 0) is 56.9 Å². The minimum Gasteiger partial charge on any atom is -0.342 e. The molecule has 1 aliphatic carbocycles. The smallest absolute Gasteiger partial charge is 0.253 e. The number of likely N-dealkylation sites (N-methyl/N-ethyl adjacent to an activating group) is 1. The summed E-state index contributed by atoms with van der Waals surface area (Å²) in [6, 6.07) is 5.65. The van der Waals surface area contributed by atoms with E-state index in [2.05, 4.69) is 4.90 Å². The van der Waals surface area contributed by atoms with Gasteiger partial charge in [0.1, 0.15) is 5.82 Å². The fraction of sp³-hybridized carbons (Fsp3) is 0.636. The maximum Gasteiger partial charge on any atom is 0.253 e. The highest BCUT2D eigenvalue weighted by atomic mass is 19.1. The summed E-state index contributed by atoms with van der Waals surface area (Å²) in [6.45, 7) is 8.17. The third-order valence-electron chi connectivity index (χ3n) is 6.26. The number of carbonyl (C=O) groups is 2. The summed E-state index contributed by atoms with van der Waals surface area (Å²) in [6.07, 6.45) is 4.64. The Hall–Kier alpha value is -1.95. The molecule has 28 heavy (non-hydrogen) atoms. The molecule has 2 fully saturated rings. The van der Waals surface area contributed by atoms with E-state index in [9.17, 15) is 14.0 Å². The number of hydrogen-bond donors (Lipinski definition) is 0. The van der Waals surface area contributed by atoms with Crippen LogP contribution in [0.15, 0.2) is 24.3 Å². The van der Waals surface area contributed by atoms with Gasteiger partial charge in [-0.15, -0.1) is 0 Å². The first kappa shape index (κ1) is 20.8. The SMILES string of the molecule is CCN(CC)C(=O)C(C1CCCC1)N1CCN(C(=O)c2ccc(F)cc2)CC1. The molecule has 0 aromatic heterocycles. The van der Waals surface area contributed by atoms with Crippen molar-refractivity contribution < 1.29 is 14.0 Å². The summed E-state index contributed by atoms with van der Waals surface area (Å²) in [5.41, 5.74) is 0.515. The van der Waals surface area contributed by atoms with E-state index in [-0.39, 0.29) is 23.7 Å². The zero-order valence-electron chi connectivity index (χ0n) is 17.1. The van der Waals surface area contributed by atoms with Crippen molar-refractivity contribution in [1.82, 2.24) is 14.7 Å². The number of amides is 2. The molecule has 3 rings (SSSR count). The molecule has 0 radical (unpaired) electrons. The lowest BCUT2D eigenvalue weighted by Gasteiger charge is -2.42. The molecule has 1 aromatic carbocycles. The summed E-state index contributed by atoms with van der Waals surface area (Å²) in [4.78, 5) is 32.0. The fourth-order valence-electron chi connectivity index (χ4n) is 4.63. The molecule has 1 aliphatic heterocycles. The molecule has 1 heterocycles. The van der Waals surface area contributed by atoms with Crippen LogP contribution < -0.4 is 0 Å². The molecule has 1 aromatic rings. The Morgan fingerprint density at radius 2 is 1.61 bits per heavy atom. The average Bonchev–Trinajstić information content (AvgIpc) is 3.24. The number of carbonyl (C=O) groups excluding carboxylic acids is 2. The van der Waals surface area contributed by atoms with E-state index in [4.69, 9.17) is 0 Å². The van der Waals surface area contributed by atoms with Crippen molar-refractivity contribution in [1.29, 1.82) is 0 Å². The molecule has 1 unspecified atom stereocenters. The largest absolute Gasteiger partial charge is 0.342 e. The second kappa shape index (κ2) is 9.50. The minimum atomic E-state index is -0.337. The van der Waals surface area contributed by atoms with Crippen molar-refractivity contribution in [3.05, 3.63) is 35.6 Å². The van der Waals surface area contributed by atoms with Crippen molar-refractivity contribution in [2.24, 2.45) is 5.92 Å². The van der Waals surface area contributed by atoms with Crippen LogP contribution in [0.2, 0.25) is 0 Å². The molecular formula is C22H32FN3O2. The first-order chi connectivity index (χ1) is 13.5. The van der Waals surface area contributed by atoms with Crippen LogP contribution in [-0.2, 0) is 4.79 Å². The van der Waals surface area contributed by atoms with Crippen LogP contribution in [0.4, 0.5) is 4.39 Å². The van der Waals surface area contributed by atoms with Gasteiger partial charge in [-0.3, -0.25) is 14.5 Å². The summed E-state index contributed by atoms with van der Waals surface area (Å²) in [5.74, 6) is 0.269. The van der Waals surface area contributed by atoms with Gasteiger partial charge in [-0.25, -0.2) is 4.39 Å². The Balaban J connectivity index is 1.66. The van der Waals surface area contributed by atoms with Gasteiger partial charge in [0.05, 0.1) is 6.04 Å². The van der Waals surface area contributed by atoms with Crippen molar-refractivity contribution in [2.45, 2.75) is 45.6 Å². The molecule has 2 aliphatic rings. The second-order valence-corrected chi connectivity index (χ2v) is 7.83. The molecule has 0 spiro atoms. The first-order valence-corrected chi connectivity index (χ1v) is 10.6. The van der Waals surface area contributed by atoms with Crippen LogP contribution in [0.1, 0.15) is 49.9 Å². The predicted octanol–water partition coefficient (Wildman–Crippen LogP) is 3.01. The van der Waals surface area contributed by atoms with Gasteiger partial charge in [-0.1, -0.05) is 12.8 Å². The molecule has 6 heteroatoms. The van der Waals surface area contributed by atoms with Gasteiger partial charge in [0.25, 0.3) is 5.91 Å². The Kier molecular flexibility index (Phi) is 7.05. The third-order valence-corrected chi connectivity index (χ3v) is 6.26. The lowest BCUT2D eigenvalue weighted by molar-refractivity contribution is -0.139. The normalized spacial score (nSPS) is 19.6. The van der Waals surface area contributed by atoms with Crippen LogP contribution in [-0.4, -0.2) is 71.8 Å². The molecular weight excluding hydrogens is 357 g/mol. The number of hydrogen-bond acceptors (Lipinski definition) is 3. The average molecular weight is 390 g/mol. The molecule has 5 nitrogen and oxygen atoms in total. The monoisotopic (exact) mass is 389 g/mol. The summed E-state index contributed by atoms with van der Waals surface area (Å²) in [5, 5.41) is 0. The summed E-state index contributed by atoms with van der Waals surface area (Å²) >= 11 is 0. The number of rotatable bonds is 6. The van der Waals surface area contributed by atoms with Crippen LogP contribution in [0.5, 0.6) is 0 Å². The molecule has 1 saturated carbocycles. The van der Waals surface area contributed by atoms with Crippen LogP contribution in [0.3, 0.4) is 0 Å². The van der Waals surface area contributed by atoms with Crippen LogP contribution in [0.25, 0.3) is 0 Å². The van der Waals surface area contributed by atoms with E-state index >= 15 is 0 Å². The lowest BCUT2D eigenvalue weighted by Crippen LogP contribution is -2.58. The van der Waals surface area contributed by atoms with Crippen molar-refractivity contribution in [2.75, 3.05) is 39.3 Å². The highest BCUT2D eigenvalue weighted by molar-refractivity contribution is 5.94. The second-order valence-electron chi connectivity index (χ2n) is 7.83. The quantitative estimate of drug-likeness (QED) is 0.751. The van der Waals surface area contributed by atoms with Crippen LogP contribution in [0, 0.1) is 11.7 Å². The number of benzene rings is 1. The van der Waals surface area contributed by atoms with Crippen molar-refractivity contribution >= 4 is 11.8 Å². The topological polar surface area (TPSA) is 43.9 Å². The molecule has 1 saturated heterocycles. The van der Waals surface area contributed by atoms with E-state index < -0.39 is 0 Å². The molecule has 0 bridgehead atoms. The Morgan fingerprint density at radius 3 is 2.14 bits per heavy atom. The molecule has 1 atom stereocenters. The van der Waals surface area contributed by atoms with E-state index in [0.717, 1.165) is 25.9 Å². The maximum atomic E-state index is 13.2. The van der Waals surface area contributed by atoms with Gasteiger partial charge >= 0.3 is 0 Å². The summed E-state index contributed by atoms with van der Waals surface area (Å²) in [7, 11) is 0. The fourth-order valence-corrected chi connectivity index (χ4v) is 4.63. The van der Waals surface area contributed by atoms with Crippen molar-refractivity contribution in [3.63, 3.8) is 0 Å². The van der Waals surface area contributed by atoms with Gasteiger partial charge < -0.3 is 9.80 Å². The standard InChI is InChI=1S/C22H32FN3O2/c1-3-24(4-2)22(28)20(17-7-5-6-8-17)25-13-15-26(16-14-25)21(27)18-9-11-19(23)12-10-18/h9-12,17,20H,3-8,13-16H2,1-2H3. The van der Waals surface area contributed by atoms with Gasteiger partial charge in [0.2, 0.25) is 5.91 Å². The highest BCUT2D eigenvalue weighted by Gasteiger charge is 2.38. The Morgan fingerprint density at radius 1 is 1.04 bits per heavy atom. The Bertz CT molecular complexity index is 661. The number of piperazine rings is 1. The first-order valence-electron chi connectivity index (χ1n) is 10.6. The third kappa shape index (κ3) is 4.54. The lowest BCUT2D eigenvalue weighted by atomic mass is 9.94. The zero-order chi connectivity index (χ0) is 20.1. The minimum absolute atomic E-state index is 0.0628. The maximum absolute atomic E-state index is 13.2. The van der Waals surface area contributed by atoms with Gasteiger partial charge in [0.15, 0.2) is 0 Å². The van der Waals surface area contributed by atoms with Crippen molar-refractivity contribution in [3.8, 4) is 0 Å². The van der Waals surface area contributed by atoms with Gasteiger partial charge in [0, 0.05) is 44.8 Å². The van der Waals surface area contributed by atoms with Crippen LogP contribution >= 0.6 is 0 Å². The van der Waals surface area contributed by atoms with E-state index in [0.29, 0.717) is 37.7 Å². The molecule has 2 amide bonds. The number of nitrogens with zero attached hydrogens (tertiary/aromatic N) is 3. The van der Waals surface area contributed by atoms with E-state index in [1.807, 2.05) is 23.6 Å². The Labute approximate surface area is 167 Å².